The molecule has 2 aromatic carbocycles. The molecule has 2 N–H and O–H groups in total. The molecule has 1 spiro atoms. The molecule has 2 heterocycles. The lowest BCUT2D eigenvalue weighted by Gasteiger charge is -2.23. The van der Waals surface area contributed by atoms with Gasteiger partial charge in [-0.15, -0.1) is 10.2 Å². The maximum absolute atomic E-state index is 13.4. The van der Waals surface area contributed by atoms with E-state index in [9.17, 15) is 14.7 Å². The van der Waals surface area contributed by atoms with Gasteiger partial charge in [-0.3, -0.25) is 14.7 Å². The highest BCUT2D eigenvalue weighted by atomic mass is 16.3. The Kier molecular flexibility index (Phi) is 5.79. The lowest BCUT2D eigenvalue weighted by molar-refractivity contribution is -0.131. The van der Waals surface area contributed by atoms with Gasteiger partial charge in [0.2, 0.25) is 5.82 Å². The molecule has 2 atom stereocenters. The van der Waals surface area contributed by atoms with Crippen LogP contribution in [0.2, 0.25) is 0 Å². The van der Waals surface area contributed by atoms with E-state index in [-0.39, 0.29) is 11.7 Å². The Morgan fingerprint density at radius 2 is 1.94 bits per heavy atom. The molecule has 34 heavy (non-hydrogen) atoms. The monoisotopic (exact) mass is 458 g/mol. The predicted molar refractivity (Wildman–Crippen MR) is 126 cm³/mol. The van der Waals surface area contributed by atoms with Crippen molar-refractivity contribution in [2.45, 2.75) is 57.2 Å². The number of aliphatic imine (C=N–C) groups is 1. The topological polar surface area (TPSA) is 124 Å². The van der Waals surface area contributed by atoms with Crippen LogP contribution in [0, 0.1) is 0 Å². The lowest BCUT2D eigenvalue weighted by atomic mass is 9.97. The summed E-state index contributed by atoms with van der Waals surface area (Å²) in [7, 11) is 0. The molecule has 1 aliphatic carbocycles. The Bertz CT molecular complexity index is 1240. The van der Waals surface area contributed by atoms with E-state index < -0.39 is 11.6 Å². The average Bonchev–Trinajstić information content (AvgIpc) is 3.56. The predicted octanol–water partition coefficient (Wildman–Crippen LogP) is 2.93. The van der Waals surface area contributed by atoms with Crippen molar-refractivity contribution < 1.29 is 14.7 Å². The number of hydrogen-bond donors (Lipinski definition) is 2. The van der Waals surface area contributed by atoms with Crippen molar-refractivity contribution >= 4 is 17.5 Å². The van der Waals surface area contributed by atoms with Gasteiger partial charge < -0.3 is 9.90 Å². The van der Waals surface area contributed by atoms with Gasteiger partial charge in [0, 0.05) is 24.8 Å². The SMILES string of the molecule is CC(=O)CCC1=NC2(CCC(O)C2)C(=O)N1Cc1ccc(-c2ccccc2-c2nn[nH]n2)cc1. The summed E-state index contributed by atoms with van der Waals surface area (Å²) < 4.78 is 0. The second-order valence-electron chi connectivity index (χ2n) is 9.03. The van der Waals surface area contributed by atoms with Crippen LogP contribution in [-0.2, 0) is 16.1 Å². The summed E-state index contributed by atoms with van der Waals surface area (Å²) in [6, 6.07) is 15.9. The zero-order valence-corrected chi connectivity index (χ0v) is 18.9. The number of H-pyrrole nitrogens is 1. The number of ketones is 1. The minimum absolute atomic E-state index is 0.0622. The molecule has 0 saturated heterocycles. The van der Waals surface area contributed by atoms with Crippen LogP contribution in [-0.4, -0.2) is 59.8 Å². The number of benzene rings is 2. The highest BCUT2D eigenvalue weighted by Gasteiger charge is 2.52. The number of aliphatic hydroxyl groups excluding tert-OH is 1. The molecule has 1 amide bonds. The molecule has 1 fully saturated rings. The minimum atomic E-state index is -0.880. The maximum Gasteiger partial charge on any atom is 0.256 e. The Hall–Kier alpha value is -3.72. The molecule has 3 aromatic rings. The number of nitrogens with one attached hydrogen (secondary N) is 1. The van der Waals surface area contributed by atoms with Gasteiger partial charge in [-0.1, -0.05) is 48.5 Å². The molecule has 1 aliphatic heterocycles. The lowest BCUT2D eigenvalue weighted by Crippen LogP contribution is -2.41. The van der Waals surface area contributed by atoms with Gasteiger partial charge in [-0.2, -0.15) is 5.21 Å². The number of Topliss-reactive ketones (excluding diaryl/α,β-unsaturated/α-hetero) is 1. The van der Waals surface area contributed by atoms with Crippen LogP contribution in [0.15, 0.2) is 53.5 Å². The molecule has 9 nitrogen and oxygen atoms in total. The van der Waals surface area contributed by atoms with Crippen molar-refractivity contribution in [1.29, 1.82) is 0 Å². The molecule has 1 aromatic heterocycles. The van der Waals surface area contributed by atoms with E-state index in [1.807, 2.05) is 48.5 Å². The number of tetrazole rings is 1. The zero-order valence-electron chi connectivity index (χ0n) is 18.9. The molecule has 0 radical (unpaired) electrons. The van der Waals surface area contributed by atoms with Crippen LogP contribution in [0.4, 0.5) is 0 Å². The zero-order chi connectivity index (χ0) is 23.7. The largest absolute Gasteiger partial charge is 0.393 e. The quantitative estimate of drug-likeness (QED) is 0.561. The summed E-state index contributed by atoms with van der Waals surface area (Å²) in [5.41, 5.74) is 2.93. The van der Waals surface area contributed by atoms with Crippen LogP contribution >= 0.6 is 0 Å². The smallest absolute Gasteiger partial charge is 0.256 e. The van der Waals surface area contributed by atoms with Gasteiger partial charge in [-0.25, -0.2) is 0 Å². The van der Waals surface area contributed by atoms with E-state index in [2.05, 4.69) is 20.6 Å². The number of carbonyl (C=O) groups is 2. The summed E-state index contributed by atoms with van der Waals surface area (Å²) in [5, 5.41) is 24.4. The summed E-state index contributed by atoms with van der Waals surface area (Å²) >= 11 is 0. The fourth-order valence-corrected chi connectivity index (χ4v) is 4.84. The third kappa shape index (κ3) is 4.14. The Morgan fingerprint density at radius 1 is 1.18 bits per heavy atom. The van der Waals surface area contributed by atoms with Gasteiger partial charge in [0.05, 0.1) is 12.6 Å². The van der Waals surface area contributed by atoms with Crippen LogP contribution in [0.3, 0.4) is 0 Å². The van der Waals surface area contributed by atoms with Crippen molar-refractivity contribution in [1.82, 2.24) is 25.5 Å². The first-order valence-electron chi connectivity index (χ1n) is 11.5. The third-order valence-corrected chi connectivity index (χ3v) is 6.58. The number of aromatic amines is 1. The third-order valence-electron chi connectivity index (χ3n) is 6.58. The van der Waals surface area contributed by atoms with Crippen molar-refractivity contribution in [2.24, 2.45) is 4.99 Å². The number of amidine groups is 1. The molecule has 2 aliphatic rings. The van der Waals surface area contributed by atoms with E-state index in [1.54, 1.807) is 11.8 Å². The fraction of sp³-hybridized carbons (Fsp3) is 0.360. The summed E-state index contributed by atoms with van der Waals surface area (Å²) in [6.07, 6.45) is 1.70. The van der Waals surface area contributed by atoms with Crippen LogP contribution in [0.5, 0.6) is 0 Å². The molecule has 2 unspecified atom stereocenters. The first-order chi connectivity index (χ1) is 16.4. The number of aliphatic hydroxyl groups is 1. The highest BCUT2D eigenvalue weighted by Crippen LogP contribution is 2.40. The molecule has 1 saturated carbocycles. The van der Waals surface area contributed by atoms with E-state index in [1.165, 1.54) is 0 Å². The molecular weight excluding hydrogens is 432 g/mol. The van der Waals surface area contributed by atoms with Crippen LogP contribution in [0.1, 0.15) is 44.6 Å². The van der Waals surface area contributed by atoms with E-state index >= 15 is 0 Å². The van der Waals surface area contributed by atoms with Gasteiger partial charge in [0.15, 0.2) is 0 Å². The van der Waals surface area contributed by atoms with Crippen molar-refractivity contribution in [2.75, 3.05) is 0 Å². The van der Waals surface area contributed by atoms with E-state index in [0.29, 0.717) is 50.3 Å². The number of rotatable bonds is 7. The molecule has 174 valence electrons. The summed E-state index contributed by atoms with van der Waals surface area (Å²) in [4.78, 5) is 31.4. The fourth-order valence-electron chi connectivity index (χ4n) is 4.84. The van der Waals surface area contributed by atoms with Gasteiger partial charge in [-0.05, 0) is 41.7 Å². The number of carbonyl (C=O) groups excluding carboxylic acids is 2. The van der Waals surface area contributed by atoms with Crippen LogP contribution < -0.4 is 0 Å². The molecule has 0 bridgehead atoms. The first kappa shape index (κ1) is 22.1. The van der Waals surface area contributed by atoms with Gasteiger partial charge in [0.25, 0.3) is 5.91 Å². The Labute approximate surface area is 196 Å². The number of amides is 1. The first-order valence-corrected chi connectivity index (χ1v) is 11.5. The summed E-state index contributed by atoms with van der Waals surface area (Å²) in [6.45, 7) is 1.92. The number of nitrogens with zero attached hydrogens (tertiary/aromatic N) is 5. The molecular formula is C25H26N6O3. The number of aromatic nitrogens is 4. The molecule has 5 rings (SSSR count). The normalized spacial score (nSPS) is 21.9. The number of hydrogen-bond acceptors (Lipinski definition) is 7. The van der Waals surface area contributed by atoms with Crippen molar-refractivity contribution in [3.63, 3.8) is 0 Å². The second-order valence-corrected chi connectivity index (χ2v) is 9.03. The molecule has 9 heteroatoms. The van der Waals surface area contributed by atoms with E-state index in [0.717, 1.165) is 22.3 Å². The van der Waals surface area contributed by atoms with Crippen molar-refractivity contribution in [3.8, 4) is 22.5 Å². The Morgan fingerprint density at radius 3 is 2.59 bits per heavy atom. The van der Waals surface area contributed by atoms with E-state index in [4.69, 9.17) is 4.99 Å². The van der Waals surface area contributed by atoms with Gasteiger partial charge >= 0.3 is 0 Å². The second kappa shape index (κ2) is 8.90. The van der Waals surface area contributed by atoms with Gasteiger partial charge in [0.1, 0.15) is 17.2 Å². The Balaban J connectivity index is 1.39. The summed E-state index contributed by atoms with van der Waals surface area (Å²) in [5.74, 6) is 1.15. The average molecular weight is 459 g/mol. The minimum Gasteiger partial charge on any atom is -0.393 e. The maximum atomic E-state index is 13.4. The highest BCUT2D eigenvalue weighted by molar-refractivity contribution is 6.09. The van der Waals surface area contributed by atoms with Crippen LogP contribution in [0.25, 0.3) is 22.5 Å². The standard InChI is InChI=1S/C25H26N6O3/c1-16(32)6-11-22-26-25(13-12-19(33)14-25)24(34)31(22)15-17-7-9-18(10-8-17)20-4-2-3-5-21(20)23-27-29-30-28-23/h2-5,7-10,19,33H,6,11-15H2,1H3,(H,27,28,29,30). The van der Waals surface area contributed by atoms with Crippen molar-refractivity contribution in [3.05, 3.63) is 54.1 Å².